The van der Waals surface area contributed by atoms with Crippen LogP contribution in [-0.2, 0) is 77.8 Å². The summed E-state index contributed by atoms with van der Waals surface area (Å²) in [7, 11) is 1.51. The second-order valence-corrected chi connectivity index (χ2v) is 26.9. The number of aryl methyl sites for hydroxylation is 1. The van der Waals surface area contributed by atoms with Crippen molar-refractivity contribution >= 4 is 23.5 Å². The molecule has 35 heteroatoms. The molecule has 35 atom stereocenters. The molecule has 0 spiro atoms. The second kappa shape index (κ2) is 31.3. The molecule has 21 unspecified atom stereocenters. The lowest BCUT2D eigenvalue weighted by atomic mass is 9.91. The van der Waals surface area contributed by atoms with E-state index in [9.17, 15) is 91.9 Å². The smallest absolute Gasteiger partial charge is 0.187 e. The highest BCUT2D eigenvalue weighted by Crippen LogP contribution is 2.42. The van der Waals surface area contributed by atoms with E-state index in [0.29, 0.717) is 11.5 Å². The van der Waals surface area contributed by atoms with Crippen LogP contribution in [0.15, 0.2) is 36.4 Å². The summed E-state index contributed by atoms with van der Waals surface area (Å²) in [6.07, 6.45) is -63.4. The van der Waals surface area contributed by atoms with Gasteiger partial charge in [0, 0.05) is 34.5 Å². The van der Waals surface area contributed by atoms with Gasteiger partial charge < -0.3 is 163 Å². The molecule has 34 aliphatic heterocycles. The Bertz CT molecular complexity index is 2760. The van der Waals surface area contributed by atoms with Gasteiger partial charge in [0.2, 0.25) is 0 Å². The van der Waals surface area contributed by atoms with Crippen LogP contribution in [0.2, 0.25) is 0 Å². The van der Waals surface area contributed by atoms with Crippen LogP contribution in [0.1, 0.15) is 23.6 Å². The third-order valence-electron chi connectivity index (χ3n) is 18.7. The molecule has 0 aromatic heterocycles. The zero-order chi connectivity index (χ0) is 67.3. The summed E-state index contributed by atoms with van der Waals surface area (Å²) in [6, 6.07) is 11.3. The normalized spacial score (nSPS) is 48.4. The van der Waals surface area contributed by atoms with Gasteiger partial charge in [-0.05, 0) is 35.2 Å². The predicted molar refractivity (Wildman–Crippen MR) is 313 cm³/mol. The number of hydrogen-bond donors (Lipinski definition) is 18. The van der Waals surface area contributed by atoms with E-state index in [4.69, 9.17) is 71.1 Å². The minimum Gasteiger partial charge on any atom is -0.496 e. The summed E-state index contributed by atoms with van der Waals surface area (Å²) in [5.41, 5.74) is 3.97. The number of ether oxygens (including phenoxy) is 15. The maximum atomic E-state index is 12.3. The molecular weight excluding hydrogens is 1300 g/mol. The van der Waals surface area contributed by atoms with Crippen LogP contribution in [0.4, 0.5) is 0 Å². The molecule has 16 saturated heterocycles. The lowest BCUT2D eigenvalue weighted by molar-refractivity contribution is -0.394. The summed E-state index contributed by atoms with van der Waals surface area (Å²) in [5, 5.41) is 207. The summed E-state index contributed by atoms with van der Waals surface area (Å²) >= 11 is 2.54. The van der Waals surface area contributed by atoms with Crippen molar-refractivity contribution in [2.45, 2.75) is 234 Å². The van der Waals surface area contributed by atoms with Crippen molar-refractivity contribution in [2.75, 3.05) is 51.6 Å². The maximum absolute atomic E-state index is 12.3. The number of rotatable bonds is 6. The Labute approximate surface area is 546 Å². The van der Waals surface area contributed by atoms with Crippen molar-refractivity contribution in [3.05, 3.63) is 53.1 Å². The molecule has 0 aliphatic carbocycles. The van der Waals surface area contributed by atoms with Gasteiger partial charge in [-0.3, -0.25) is 0 Å². The number of thioether (sulfide) groups is 2. The average molecular weight is 1390 g/mol. The lowest BCUT2D eigenvalue weighted by Crippen LogP contribution is -2.68. The maximum Gasteiger partial charge on any atom is 0.187 e. The topological polar surface area (TPSA) is 503 Å². The molecular formula is C59H86O33S2. The Hall–Kier alpha value is -2.34. The number of aliphatic hydroxyl groups excluding tert-OH is 18. The Balaban J connectivity index is 0.988. The third kappa shape index (κ3) is 14.6. The first-order valence-corrected chi connectivity index (χ1v) is 33.3. The highest BCUT2D eigenvalue weighted by Gasteiger charge is 2.59. The van der Waals surface area contributed by atoms with E-state index in [1.165, 1.54) is 37.6 Å². The summed E-state index contributed by atoms with van der Waals surface area (Å²) < 4.78 is 91.2. The number of fused-ring (bicyclic) bond motifs is 1. The zero-order valence-electron chi connectivity index (χ0n) is 51.0. The van der Waals surface area contributed by atoms with E-state index in [2.05, 4.69) is 0 Å². The van der Waals surface area contributed by atoms with Gasteiger partial charge in [-0.25, -0.2) is 0 Å². The van der Waals surface area contributed by atoms with Crippen molar-refractivity contribution in [3.8, 4) is 16.9 Å². The van der Waals surface area contributed by atoms with Crippen molar-refractivity contribution < 1.29 is 163 Å². The zero-order valence-corrected chi connectivity index (χ0v) is 52.7. The molecule has 0 saturated carbocycles. The van der Waals surface area contributed by atoms with Crippen LogP contribution in [0, 0.1) is 12.8 Å². The van der Waals surface area contributed by atoms with Gasteiger partial charge in [0.15, 0.2) is 44.0 Å². The molecule has 2 aromatic rings. The largest absolute Gasteiger partial charge is 0.496 e. The van der Waals surface area contributed by atoms with Crippen molar-refractivity contribution in [3.63, 3.8) is 0 Å². The van der Waals surface area contributed by atoms with Crippen LogP contribution in [-0.4, -0.2) is 352 Å². The number of methoxy groups -OCH3 is 1. The van der Waals surface area contributed by atoms with Crippen LogP contribution >= 0.6 is 23.5 Å². The van der Waals surface area contributed by atoms with Crippen molar-refractivity contribution in [2.24, 2.45) is 5.92 Å². The van der Waals surface area contributed by atoms with Gasteiger partial charge in [-0.15, -0.1) is 0 Å². The quantitative estimate of drug-likeness (QED) is 0.128. The van der Waals surface area contributed by atoms with Crippen LogP contribution in [0.3, 0.4) is 0 Å². The van der Waals surface area contributed by atoms with Gasteiger partial charge in [-0.2, -0.15) is 23.5 Å². The van der Waals surface area contributed by atoms with Gasteiger partial charge in [-0.1, -0.05) is 37.3 Å². The SMILES string of the molecule is COc1cc2ccc1-c1ccc(cc1C)CSCC1O[C@@H]3O[C@@H]4C(CO)O[C@H](O[C@@H]5C(CO)O[C@H](O[C@@H]6C(CO)O[C@H](O[C@@H]7C(CSC2)O[C@H](O[C@@H]2C(CO)O[C@H](O[C@@H]8C(CO)O[C@H](O[C@H]1C(O)C3C)C(O)C8O)C(O)C2O)C(O)C7O)C(O)C6O)C(O)C5O)C(O)C4O. The third-order valence-corrected chi connectivity index (χ3v) is 20.9. The lowest BCUT2D eigenvalue weighted by Gasteiger charge is -2.50. The predicted octanol–water partition coefficient (Wildman–Crippen LogP) is -7.78. The molecule has 16 fully saturated rings. The van der Waals surface area contributed by atoms with Crippen molar-refractivity contribution in [1.82, 2.24) is 0 Å². The first-order chi connectivity index (χ1) is 45.0. The van der Waals surface area contributed by atoms with Crippen LogP contribution in [0.25, 0.3) is 11.1 Å². The Kier molecular flexibility index (Phi) is 24.3. The van der Waals surface area contributed by atoms with E-state index in [0.717, 1.165) is 27.8 Å². The van der Waals surface area contributed by atoms with Crippen LogP contribution in [0.5, 0.6) is 5.75 Å². The molecule has 0 radical (unpaired) electrons. The van der Waals surface area contributed by atoms with Gasteiger partial charge >= 0.3 is 0 Å². The molecule has 36 rings (SSSR count). The van der Waals surface area contributed by atoms with Crippen LogP contribution < -0.4 is 4.74 Å². The van der Waals surface area contributed by atoms with E-state index in [-0.39, 0.29) is 17.3 Å². The number of benzene rings is 2. The van der Waals surface area contributed by atoms with Crippen molar-refractivity contribution in [1.29, 1.82) is 0 Å². The molecule has 18 N–H and O–H groups in total. The van der Waals surface area contributed by atoms with E-state index in [1.54, 1.807) is 0 Å². The highest BCUT2D eigenvalue weighted by molar-refractivity contribution is 7.98. The van der Waals surface area contributed by atoms with E-state index in [1.807, 2.05) is 43.3 Å². The first kappa shape index (κ1) is 72.9. The number of aliphatic hydroxyl groups is 18. The van der Waals surface area contributed by atoms with E-state index >= 15 is 0 Å². The first-order valence-electron chi connectivity index (χ1n) is 31.0. The van der Waals surface area contributed by atoms with Gasteiger partial charge in [0.25, 0.3) is 0 Å². The summed E-state index contributed by atoms with van der Waals surface area (Å²) in [6.45, 7) is -1.50. The Morgan fingerprint density at radius 3 is 0.979 bits per heavy atom. The Morgan fingerprint density at radius 1 is 0.351 bits per heavy atom. The van der Waals surface area contributed by atoms with Gasteiger partial charge in [0.1, 0.15) is 152 Å². The molecule has 34 heterocycles. The molecule has 20 bridgehead atoms. The fourth-order valence-corrected chi connectivity index (χ4v) is 15.4. The summed E-state index contributed by atoms with van der Waals surface area (Å²) in [4.78, 5) is 0. The second-order valence-electron chi connectivity index (χ2n) is 24.9. The minimum absolute atomic E-state index is 0.0134. The molecule has 532 valence electrons. The number of hydrogen-bond acceptors (Lipinski definition) is 35. The molecule has 94 heavy (non-hydrogen) atoms. The highest BCUT2D eigenvalue weighted by atomic mass is 32.2. The fourth-order valence-electron chi connectivity index (χ4n) is 13.3. The van der Waals surface area contributed by atoms with E-state index < -0.39 is 248 Å². The van der Waals surface area contributed by atoms with Gasteiger partial charge in [0.05, 0.1) is 58.5 Å². The molecule has 0 amide bonds. The molecule has 34 aliphatic rings. The standard InChI is InChI=1S/C59H86O33S2/c1-19-8-21-4-6-23(19)24-7-5-22(9-25(24)78-3)16-94-18-32-52-39(71)45(77)59(85-32)90-50-30(14-64)81-56(42(74)36(50)68)88-48-28(12-62)82-57(43(75)37(48)69)91-51-31(17-93-15-21)84-53(20(2)33(51)65)86-46-26(10-60)79-54(40(72)34(46)66)87-47-27(11-61)80-55(41(73)35(47)67)89-49-29(13-63)83-58(92-52)44(76)38(49)70/h4-9,20,26-77H,10-18H2,1-3H3/t20?,26?,27?,28?,29?,30?,31?,32?,33?,34?,35?,36?,37?,38?,39?,40?,41?,42?,43?,44?,45?,46-,47-,48-,49-,50-,51-,52-,53-,54-,55-,56-,57-,58-,59-/m1/s1. The summed E-state index contributed by atoms with van der Waals surface area (Å²) in [5.74, 6) is -0.255. The fraction of sp³-hybridized carbons (Fsp3) is 0.797. The Morgan fingerprint density at radius 2 is 0.638 bits per heavy atom. The average Bonchev–Trinajstić information content (AvgIpc) is 0.783. The molecule has 2 aromatic carbocycles. The minimum atomic E-state index is -2.17. The molecule has 33 nitrogen and oxygen atoms in total. The monoisotopic (exact) mass is 1390 g/mol.